The first-order valence-corrected chi connectivity index (χ1v) is 9.01. The molecule has 0 unspecified atom stereocenters. The summed E-state index contributed by atoms with van der Waals surface area (Å²) in [5.41, 5.74) is 4.40. The van der Waals surface area contributed by atoms with Gasteiger partial charge in [0, 0.05) is 12.4 Å². The number of hydrogen-bond acceptors (Lipinski definition) is 4. The van der Waals surface area contributed by atoms with Crippen molar-refractivity contribution in [3.63, 3.8) is 0 Å². The average molecular weight is 369 g/mol. The Morgan fingerprint density at radius 1 is 0.929 bits per heavy atom. The third-order valence-electron chi connectivity index (χ3n) is 4.52. The maximum Gasteiger partial charge on any atom is 0.347 e. The fraction of sp³-hybridized carbons (Fsp3) is 0.0870. The normalized spacial score (nSPS) is 10.6. The molecule has 0 aliphatic heterocycles. The zero-order valence-corrected chi connectivity index (χ0v) is 15.4. The lowest BCUT2D eigenvalue weighted by Gasteiger charge is -2.07. The third-order valence-corrected chi connectivity index (χ3v) is 4.52. The van der Waals surface area contributed by atoms with E-state index in [1.807, 2.05) is 61.5 Å². The molecule has 0 N–H and O–H groups in total. The van der Waals surface area contributed by atoms with E-state index in [9.17, 15) is 4.79 Å². The van der Waals surface area contributed by atoms with Crippen LogP contribution in [0.2, 0.25) is 0 Å². The minimum absolute atomic E-state index is 0.423. The van der Waals surface area contributed by atoms with Crippen LogP contribution in [0.15, 0.2) is 85.3 Å². The Balaban J connectivity index is 1.46. The molecule has 5 heteroatoms. The van der Waals surface area contributed by atoms with Gasteiger partial charge < -0.3 is 4.74 Å². The average Bonchev–Trinajstić information content (AvgIpc) is 3.12. The monoisotopic (exact) mass is 369 g/mol. The number of ether oxygens (including phenoxy) is 1. The third kappa shape index (κ3) is 3.83. The van der Waals surface area contributed by atoms with Crippen molar-refractivity contribution in [1.82, 2.24) is 14.8 Å². The molecule has 0 radical (unpaired) electrons. The molecule has 4 rings (SSSR count). The molecule has 0 spiro atoms. The lowest BCUT2D eigenvalue weighted by atomic mass is 10.1. The minimum atomic E-state index is -0.423. The van der Waals surface area contributed by atoms with E-state index in [2.05, 4.69) is 22.2 Å². The van der Waals surface area contributed by atoms with Crippen molar-refractivity contribution in [1.29, 1.82) is 0 Å². The van der Waals surface area contributed by atoms with Gasteiger partial charge in [-0.15, -0.1) is 0 Å². The summed E-state index contributed by atoms with van der Waals surface area (Å²) >= 11 is 0. The number of aromatic nitrogens is 3. The summed E-state index contributed by atoms with van der Waals surface area (Å²) in [6.45, 7) is 1.84. The zero-order chi connectivity index (χ0) is 19.3. The van der Waals surface area contributed by atoms with Crippen LogP contribution in [0.3, 0.4) is 0 Å². The summed E-state index contributed by atoms with van der Waals surface area (Å²) in [5.74, 6) is 0.0893. The first-order chi connectivity index (χ1) is 13.7. The van der Waals surface area contributed by atoms with Gasteiger partial charge in [0.05, 0.1) is 17.6 Å². The van der Waals surface area contributed by atoms with Crippen LogP contribution in [0, 0.1) is 6.92 Å². The highest BCUT2D eigenvalue weighted by molar-refractivity contribution is 5.92. The number of esters is 1. The molecule has 138 valence electrons. The minimum Gasteiger partial charge on any atom is -0.423 e. The van der Waals surface area contributed by atoms with Crippen LogP contribution in [-0.4, -0.2) is 20.7 Å². The van der Waals surface area contributed by atoms with E-state index in [1.54, 1.807) is 17.1 Å². The Kier molecular flexibility index (Phi) is 4.97. The van der Waals surface area contributed by atoms with Crippen molar-refractivity contribution in [2.24, 2.45) is 0 Å². The first kappa shape index (κ1) is 17.7. The van der Waals surface area contributed by atoms with Crippen LogP contribution < -0.4 is 4.74 Å². The summed E-state index contributed by atoms with van der Waals surface area (Å²) in [7, 11) is 0. The predicted octanol–water partition coefficient (Wildman–Crippen LogP) is 4.39. The highest BCUT2D eigenvalue weighted by atomic mass is 16.5. The van der Waals surface area contributed by atoms with Crippen LogP contribution in [0.4, 0.5) is 0 Å². The number of benzene rings is 2. The van der Waals surface area contributed by atoms with Crippen LogP contribution in [0.5, 0.6) is 5.75 Å². The maximum absolute atomic E-state index is 12.6. The van der Waals surface area contributed by atoms with Crippen LogP contribution in [-0.2, 0) is 6.42 Å². The van der Waals surface area contributed by atoms with Gasteiger partial charge in [-0.1, -0.05) is 42.5 Å². The van der Waals surface area contributed by atoms with E-state index < -0.39 is 5.97 Å². The van der Waals surface area contributed by atoms with Crippen molar-refractivity contribution in [2.75, 3.05) is 0 Å². The zero-order valence-electron chi connectivity index (χ0n) is 15.4. The maximum atomic E-state index is 12.6. The molecule has 0 fully saturated rings. The Labute approximate surface area is 163 Å². The lowest BCUT2D eigenvalue weighted by molar-refractivity contribution is 0.0734. The van der Waals surface area contributed by atoms with Gasteiger partial charge in [-0.2, -0.15) is 5.10 Å². The molecule has 0 atom stereocenters. The topological polar surface area (TPSA) is 57.0 Å². The molecule has 2 aromatic heterocycles. The van der Waals surface area contributed by atoms with Gasteiger partial charge in [-0.25, -0.2) is 9.48 Å². The molecule has 5 nitrogen and oxygen atoms in total. The largest absolute Gasteiger partial charge is 0.423 e. The molecular formula is C23H19N3O2. The number of rotatable bonds is 5. The Morgan fingerprint density at radius 2 is 1.61 bits per heavy atom. The highest BCUT2D eigenvalue weighted by Gasteiger charge is 2.17. The molecule has 0 aliphatic rings. The van der Waals surface area contributed by atoms with Gasteiger partial charge in [0.2, 0.25) is 0 Å². The van der Waals surface area contributed by atoms with E-state index in [0.29, 0.717) is 11.3 Å². The van der Waals surface area contributed by atoms with Crippen molar-refractivity contribution in [2.45, 2.75) is 13.3 Å². The second-order valence-corrected chi connectivity index (χ2v) is 6.46. The number of pyridine rings is 1. The first-order valence-electron chi connectivity index (χ1n) is 9.01. The van der Waals surface area contributed by atoms with Crippen molar-refractivity contribution >= 4 is 5.97 Å². The van der Waals surface area contributed by atoms with E-state index in [-0.39, 0.29) is 0 Å². The number of carbonyl (C=O) groups excluding carboxylic acids is 1. The standard InChI is InChI=1S/C23H19N3O2/c1-17-22(16-25-26(17)20-11-13-24-14-12-20)23(27)28-21-9-7-19(8-10-21)15-18-5-3-2-4-6-18/h2-14,16H,15H2,1H3. The van der Waals surface area contributed by atoms with E-state index in [1.165, 1.54) is 11.8 Å². The SMILES string of the molecule is Cc1c(C(=O)Oc2ccc(Cc3ccccc3)cc2)cnn1-c1ccncc1. The van der Waals surface area contributed by atoms with E-state index in [0.717, 1.165) is 23.4 Å². The fourth-order valence-corrected chi connectivity index (χ4v) is 3.02. The van der Waals surface area contributed by atoms with Gasteiger partial charge in [0.15, 0.2) is 0 Å². The predicted molar refractivity (Wildman–Crippen MR) is 107 cm³/mol. The smallest absolute Gasteiger partial charge is 0.347 e. The van der Waals surface area contributed by atoms with E-state index >= 15 is 0 Å². The van der Waals surface area contributed by atoms with Crippen LogP contribution in [0.25, 0.3) is 5.69 Å². The quantitative estimate of drug-likeness (QED) is 0.387. The second kappa shape index (κ2) is 7.88. The molecule has 4 aromatic rings. The number of nitrogens with zero attached hydrogens (tertiary/aromatic N) is 3. The van der Waals surface area contributed by atoms with Crippen LogP contribution in [0.1, 0.15) is 27.2 Å². The lowest BCUT2D eigenvalue weighted by Crippen LogP contribution is -2.10. The van der Waals surface area contributed by atoms with Gasteiger partial charge >= 0.3 is 5.97 Å². The highest BCUT2D eigenvalue weighted by Crippen LogP contribution is 2.19. The summed E-state index contributed by atoms with van der Waals surface area (Å²) in [4.78, 5) is 16.6. The summed E-state index contributed by atoms with van der Waals surface area (Å²) in [6, 6.07) is 21.5. The Bertz CT molecular complexity index is 1070. The molecule has 2 heterocycles. The molecule has 0 bridgehead atoms. The summed E-state index contributed by atoms with van der Waals surface area (Å²) in [5, 5.41) is 4.30. The number of carbonyl (C=O) groups is 1. The summed E-state index contributed by atoms with van der Waals surface area (Å²) in [6.07, 6.45) is 5.74. The molecule has 0 amide bonds. The Morgan fingerprint density at radius 3 is 2.32 bits per heavy atom. The number of hydrogen-bond donors (Lipinski definition) is 0. The molecular weight excluding hydrogens is 350 g/mol. The fourth-order valence-electron chi connectivity index (χ4n) is 3.02. The second-order valence-electron chi connectivity index (χ2n) is 6.46. The summed E-state index contributed by atoms with van der Waals surface area (Å²) < 4.78 is 7.23. The molecule has 0 saturated carbocycles. The Hall–Kier alpha value is -3.73. The van der Waals surface area contributed by atoms with Gasteiger partial charge in [0.1, 0.15) is 11.3 Å². The van der Waals surface area contributed by atoms with Crippen LogP contribution >= 0.6 is 0 Å². The molecule has 0 aliphatic carbocycles. The molecule has 0 saturated heterocycles. The van der Waals surface area contributed by atoms with Gasteiger partial charge in [-0.3, -0.25) is 4.98 Å². The van der Waals surface area contributed by atoms with Crippen molar-refractivity contribution < 1.29 is 9.53 Å². The van der Waals surface area contributed by atoms with Gasteiger partial charge in [-0.05, 0) is 48.7 Å². The van der Waals surface area contributed by atoms with Crippen molar-refractivity contribution in [3.8, 4) is 11.4 Å². The van der Waals surface area contributed by atoms with Crippen molar-refractivity contribution in [3.05, 3.63) is 108 Å². The molecule has 2 aromatic carbocycles. The van der Waals surface area contributed by atoms with Gasteiger partial charge in [0.25, 0.3) is 0 Å². The molecule has 28 heavy (non-hydrogen) atoms. The van der Waals surface area contributed by atoms with E-state index in [4.69, 9.17) is 4.74 Å².